The number of nitrogens with one attached hydrogen (secondary N) is 1. The number of nitrogens with two attached hydrogens (primary N) is 1. The molecule has 0 aliphatic carbocycles. The second-order valence-electron chi connectivity index (χ2n) is 3.15. The first-order chi connectivity index (χ1) is 7.02. The molecule has 1 aromatic heterocycles. The lowest BCUT2D eigenvalue weighted by Crippen LogP contribution is -2.33. The molecule has 0 spiro atoms. The Bertz CT molecular complexity index is 365. The third kappa shape index (κ3) is 3.17. The predicted octanol–water partition coefficient (Wildman–Crippen LogP) is 0.0793. The van der Waals surface area contributed by atoms with Gasteiger partial charge in [0.1, 0.15) is 0 Å². The minimum absolute atomic E-state index is 0.203. The molecule has 15 heavy (non-hydrogen) atoms. The molecule has 0 aromatic carbocycles. The Labute approximate surface area is 87.9 Å². The lowest BCUT2D eigenvalue weighted by atomic mass is 10.3. The maximum Gasteiger partial charge on any atom is 0.243 e. The Morgan fingerprint density at radius 2 is 2.27 bits per heavy atom. The SMILES string of the molecule is COc1cc(C)nc(NC(=O)C(C)N)n1. The van der Waals surface area contributed by atoms with E-state index >= 15 is 0 Å². The summed E-state index contributed by atoms with van der Waals surface area (Å²) in [7, 11) is 1.50. The van der Waals surface area contributed by atoms with Crippen LogP contribution in [0.25, 0.3) is 0 Å². The summed E-state index contributed by atoms with van der Waals surface area (Å²) in [4.78, 5) is 19.2. The van der Waals surface area contributed by atoms with Crippen LogP contribution in [0, 0.1) is 6.92 Å². The molecule has 1 atom stereocenters. The summed E-state index contributed by atoms with van der Waals surface area (Å²) < 4.78 is 4.94. The second-order valence-corrected chi connectivity index (χ2v) is 3.15. The van der Waals surface area contributed by atoms with Gasteiger partial charge in [-0.05, 0) is 13.8 Å². The number of aromatic nitrogens is 2. The molecule has 3 N–H and O–H groups in total. The van der Waals surface area contributed by atoms with E-state index in [0.717, 1.165) is 0 Å². The van der Waals surface area contributed by atoms with E-state index in [1.807, 2.05) is 0 Å². The Hall–Kier alpha value is -1.69. The molecule has 6 heteroatoms. The Morgan fingerprint density at radius 3 is 2.80 bits per heavy atom. The topological polar surface area (TPSA) is 90.1 Å². The molecule has 0 aliphatic rings. The predicted molar refractivity (Wildman–Crippen MR) is 55.6 cm³/mol. The summed E-state index contributed by atoms with van der Waals surface area (Å²) in [6.45, 7) is 3.37. The highest BCUT2D eigenvalue weighted by molar-refractivity contribution is 5.92. The van der Waals surface area contributed by atoms with Gasteiger partial charge < -0.3 is 10.5 Å². The molecule has 6 nitrogen and oxygen atoms in total. The zero-order valence-corrected chi connectivity index (χ0v) is 8.94. The highest BCUT2D eigenvalue weighted by Gasteiger charge is 2.10. The van der Waals surface area contributed by atoms with E-state index in [1.54, 1.807) is 19.9 Å². The van der Waals surface area contributed by atoms with Gasteiger partial charge >= 0.3 is 0 Å². The summed E-state index contributed by atoms with van der Waals surface area (Å²) in [6, 6.07) is 1.07. The van der Waals surface area contributed by atoms with Gasteiger partial charge in [0.15, 0.2) is 0 Å². The number of hydrogen-bond acceptors (Lipinski definition) is 5. The van der Waals surface area contributed by atoms with E-state index in [4.69, 9.17) is 10.5 Å². The average Bonchev–Trinajstić information content (AvgIpc) is 2.16. The van der Waals surface area contributed by atoms with Crippen LogP contribution < -0.4 is 15.8 Å². The minimum Gasteiger partial charge on any atom is -0.481 e. The monoisotopic (exact) mass is 210 g/mol. The van der Waals surface area contributed by atoms with Gasteiger partial charge in [-0.25, -0.2) is 4.98 Å². The molecule has 82 valence electrons. The van der Waals surface area contributed by atoms with Crippen molar-refractivity contribution in [2.24, 2.45) is 5.73 Å². The first kappa shape index (κ1) is 11.4. The van der Waals surface area contributed by atoms with Gasteiger partial charge in [0.25, 0.3) is 0 Å². The van der Waals surface area contributed by atoms with Crippen molar-refractivity contribution in [1.82, 2.24) is 9.97 Å². The number of anilines is 1. The smallest absolute Gasteiger partial charge is 0.243 e. The van der Waals surface area contributed by atoms with Crippen molar-refractivity contribution in [3.8, 4) is 5.88 Å². The largest absolute Gasteiger partial charge is 0.481 e. The number of aryl methyl sites for hydroxylation is 1. The van der Waals surface area contributed by atoms with Crippen LogP contribution in [-0.2, 0) is 4.79 Å². The van der Waals surface area contributed by atoms with E-state index in [1.165, 1.54) is 7.11 Å². The molecule has 0 aliphatic heterocycles. The van der Waals surface area contributed by atoms with Crippen LogP contribution >= 0.6 is 0 Å². The number of amides is 1. The van der Waals surface area contributed by atoms with Gasteiger partial charge in [0, 0.05) is 11.8 Å². The van der Waals surface area contributed by atoms with Crippen molar-refractivity contribution in [2.45, 2.75) is 19.9 Å². The fourth-order valence-corrected chi connectivity index (χ4v) is 0.924. The molecular weight excluding hydrogens is 196 g/mol. The summed E-state index contributed by atoms with van der Waals surface area (Å²) >= 11 is 0. The van der Waals surface area contributed by atoms with Crippen molar-refractivity contribution in [3.63, 3.8) is 0 Å². The van der Waals surface area contributed by atoms with E-state index in [2.05, 4.69) is 15.3 Å². The average molecular weight is 210 g/mol. The Kier molecular flexibility index (Phi) is 3.56. The Balaban J connectivity index is 2.85. The lowest BCUT2D eigenvalue weighted by Gasteiger charge is -2.07. The van der Waals surface area contributed by atoms with Gasteiger partial charge in [0.05, 0.1) is 13.2 Å². The van der Waals surface area contributed by atoms with Gasteiger partial charge in [-0.1, -0.05) is 0 Å². The summed E-state index contributed by atoms with van der Waals surface area (Å²) in [5.41, 5.74) is 6.10. The molecular formula is C9H14N4O2. The quantitative estimate of drug-likeness (QED) is 0.737. The van der Waals surface area contributed by atoms with Crippen molar-refractivity contribution in [3.05, 3.63) is 11.8 Å². The van der Waals surface area contributed by atoms with Crippen LogP contribution in [0.5, 0.6) is 5.88 Å². The highest BCUT2D eigenvalue weighted by Crippen LogP contribution is 2.10. The lowest BCUT2D eigenvalue weighted by molar-refractivity contribution is -0.117. The van der Waals surface area contributed by atoms with Gasteiger partial charge in [-0.15, -0.1) is 0 Å². The van der Waals surface area contributed by atoms with Crippen LogP contribution in [0.2, 0.25) is 0 Å². The number of ether oxygens (including phenoxy) is 1. The highest BCUT2D eigenvalue weighted by atomic mass is 16.5. The van der Waals surface area contributed by atoms with E-state index < -0.39 is 6.04 Å². The van der Waals surface area contributed by atoms with Crippen LogP contribution in [0.15, 0.2) is 6.07 Å². The van der Waals surface area contributed by atoms with E-state index in [9.17, 15) is 4.79 Å². The first-order valence-electron chi connectivity index (χ1n) is 4.49. The molecule has 0 saturated heterocycles. The molecule has 1 heterocycles. The number of carbonyl (C=O) groups excluding carboxylic acids is 1. The van der Waals surface area contributed by atoms with Crippen molar-refractivity contribution in [1.29, 1.82) is 0 Å². The number of nitrogens with zero attached hydrogens (tertiary/aromatic N) is 2. The second kappa shape index (κ2) is 4.70. The molecule has 0 radical (unpaired) electrons. The van der Waals surface area contributed by atoms with Crippen molar-refractivity contribution < 1.29 is 9.53 Å². The molecule has 1 aromatic rings. The van der Waals surface area contributed by atoms with Crippen LogP contribution in [0.3, 0.4) is 0 Å². The normalized spacial score (nSPS) is 12.0. The molecule has 1 unspecified atom stereocenters. The number of hydrogen-bond donors (Lipinski definition) is 2. The van der Waals surface area contributed by atoms with Crippen LogP contribution in [0.1, 0.15) is 12.6 Å². The van der Waals surface area contributed by atoms with Crippen LogP contribution in [-0.4, -0.2) is 29.0 Å². The molecule has 1 rings (SSSR count). The summed E-state index contributed by atoms with van der Waals surface area (Å²) in [6.07, 6.45) is 0. The number of rotatable bonds is 3. The minimum atomic E-state index is -0.597. The van der Waals surface area contributed by atoms with Gasteiger partial charge in [-0.2, -0.15) is 4.98 Å². The molecule has 0 bridgehead atoms. The maximum atomic E-state index is 11.3. The summed E-state index contributed by atoms with van der Waals surface area (Å²) in [5.74, 6) is 0.277. The fourth-order valence-electron chi connectivity index (χ4n) is 0.924. The molecule has 1 amide bonds. The van der Waals surface area contributed by atoms with Crippen molar-refractivity contribution >= 4 is 11.9 Å². The third-order valence-corrected chi connectivity index (χ3v) is 1.69. The van der Waals surface area contributed by atoms with Gasteiger partial charge in [0.2, 0.25) is 17.7 Å². The number of methoxy groups -OCH3 is 1. The van der Waals surface area contributed by atoms with Crippen molar-refractivity contribution in [2.75, 3.05) is 12.4 Å². The molecule has 0 fully saturated rings. The number of carbonyl (C=O) groups is 1. The summed E-state index contributed by atoms with van der Waals surface area (Å²) in [5, 5.41) is 2.49. The zero-order valence-electron chi connectivity index (χ0n) is 8.94. The zero-order chi connectivity index (χ0) is 11.4. The maximum absolute atomic E-state index is 11.3. The first-order valence-corrected chi connectivity index (χ1v) is 4.49. The molecule has 0 saturated carbocycles. The third-order valence-electron chi connectivity index (χ3n) is 1.69. The van der Waals surface area contributed by atoms with E-state index in [0.29, 0.717) is 11.6 Å². The Morgan fingerprint density at radius 1 is 1.60 bits per heavy atom. The fraction of sp³-hybridized carbons (Fsp3) is 0.444. The van der Waals surface area contributed by atoms with Crippen LogP contribution in [0.4, 0.5) is 5.95 Å². The van der Waals surface area contributed by atoms with E-state index in [-0.39, 0.29) is 11.9 Å². The van der Waals surface area contributed by atoms with Gasteiger partial charge in [-0.3, -0.25) is 10.1 Å². The standard InChI is InChI=1S/C9H14N4O2/c1-5-4-7(15-3)12-9(11-5)13-8(14)6(2)10/h4,6H,10H2,1-3H3,(H,11,12,13,14).